The summed E-state index contributed by atoms with van der Waals surface area (Å²) < 4.78 is 6.47. The van der Waals surface area contributed by atoms with Gasteiger partial charge in [0.05, 0.1) is 18.8 Å². The Morgan fingerprint density at radius 3 is 3.05 bits per heavy atom. The van der Waals surface area contributed by atoms with E-state index in [4.69, 9.17) is 4.42 Å². The Morgan fingerprint density at radius 1 is 1.50 bits per heavy atom. The first-order valence-electron chi connectivity index (χ1n) is 6.12. The molecular formula is C12H13N5O3. The second kappa shape index (κ2) is 4.80. The van der Waals surface area contributed by atoms with E-state index in [0.717, 1.165) is 5.69 Å². The van der Waals surface area contributed by atoms with Crippen LogP contribution in [0.3, 0.4) is 0 Å². The molecule has 0 aromatic carbocycles. The third kappa shape index (κ3) is 1.94. The van der Waals surface area contributed by atoms with Gasteiger partial charge in [0, 0.05) is 13.2 Å². The molecule has 8 heteroatoms. The molecule has 0 unspecified atom stereocenters. The van der Waals surface area contributed by atoms with Gasteiger partial charge in [-0.05, 0) is 6.07 Å². The van der Waals surface area contributed by atoms with Crippen LogP contribution in [0.15, 0.2) is 29.3 Å². The first kappa shape index (κ1) is 12.4. The van der Waals surface area contributed by atoms with Gasteiger partial charge in [0.1, 0.15) is 12.3 Å². The maximum absolute atomic E-state index is 12.3. The second-order valence-electron chi connectivity index (χ2n) is 4.46. The first-order chi connectivity index (χ1) is 9.70. The molecule has 0 saturated carbocycles. The summed E-state index contributed by atoms with van der Waals surface area (Å²) in [5.41, 5.74) is 1.04. The van der Waals surface area contributed by atoms with Gasteiger partial charge in [0.25, 0.3) is 5.91 Å². The highest BCUT2D eigenvalue weighted by Gasteiger charge is 2.33. The van der Waals surface area contributed by atoms with Gasteiger partial charge >= 0.3 is 0 Å². The van der Waals surface area contributed by atoms with Crippen molar-refractivity contribution >= 4 is 11.8 Å². The number of hydrogen-bond donors (Lipinski definition) is 1. The lowest BCUT2D eigenvalue weighted by molar-refractivity contribution is -0.125. The van der Waals surface area contributed by atoms with E-state index >= 15 is 0 Å². The molecule has 1 aliphatic rings. The molecule has 1 aliphatic heterocycles. The van der Waals surface area contributed by atoms with Crippen LogP contribution < -0.4 is 5.32 Å². The summed E-state index contributed by atoms with van der Waals surface area (Å²) in [6.07, 6.45) is 4.12. The highest BCUT2D eigenvalue weighted by Crippen LogP contribution is 2.21. The van der Waals surface area contributed by atoms with Crippen LogP contribution in [-0.2, 0) is 11.3 Å². The number of hydrogen-bond acceptors (Lipinski definition) is 5. The van der Waals surface area contributed by atoms with Gasteiger partial charge in [0.15, 0.2) is 12.1 Å². The van der Waals surface area contributed by atoms with Crippen LogP contribution in [0.5, 0.6) is 0 Å². The number of carbonyl (C=O) groups is 2. The third-order valence-electron chi connectivity index (χ3n) is 3.28. The largest absolute Gasteiger partial charge is 0.451 e. The second-order valence-corrected chi connectivity index (χ2v) is 4.46. The van der Waals surface area contributed by atoms with E-state index in [-0.39, 0.29) is 24.1 Å². The van der Waals surface area contributed by atoms with Gasteiger partial charge in [-0.3, -0.25) is 14.3 Å². The highest BCUT2D eigenvalue weighted by molar-refractivity contribution is 5.92. The number of likely N-dealkylation sites (N-methyl/N-ethyl adjacent to an activating group) is 1. The van der Waals surface area contributed by atoms with Gasteiger partial charge in [0.2, 0.25) is 5.91 Å². The highest BCUT2D eigenvalue weighted by atomic mass is 16.3. The van der Waals surface area contributed by atoms with Gasteiger partial charge in [-0.15, -0.1) is 0 Å². The van der Waals surface area contributed by atoms with Crippen molar-refractivity contribution in [3.63, 3.8) is 0 Å². The summed E-state index contributed by atoms with van der Waals surface area (Å²) in [4.78, 5) is 29.6. The van der Waals surface area contributed by atoms with Crippen LogP contribution in [-0.4, -0.2) is 45.1 Å². The number of aromatic nitrogens is 3. The quantitative estimate of drug-likeness (QED) is 0.820. The number of nitrogens with zero attached hydrogens (tertiary/aromatic N) is 4. The number of rotatable bonds is 2. The molecule has 2 aromatic rings. The molecule has 0 bridgehead atoms. The van der Waals surface area contributed by atoms with Crippen LogP contribution in [0.1, 0.15) is 22.2 Å². The summed E-state index contributed by atoms with van der Waals surface area (Å²) in [6, 6.07) is 1.26. The zero-order chi connectivity index (χ0) is 14.1. The van der Waals surface area contributed by atoms with E-state index in [2.05, 4.69) is 15.4 Å². The van der Waals surface area contributed by atoms with Crippen LogP contribution in [0.2, 0.25) is 0 Å². The fourth-order valence-corrected chi connectivity index (χ4v) is 2.29. The zero-order valence-corrected chi connectivity index (χ0v) is 10.8. The van der Waals surface area contributed by atoms with E-state index in [0.29, 0.717) is 6.54 Å². The minimum Gasteiger partial charge on any atom is -0.451 e. The van der Waals surface area contributed by atoms with Crippen molar-refractivity contribution in [3.05, 3.63) is 36.3 Å². The minimum absolute atomic E-state index is 0.187. The SMILES string of the molecule is CNC(=O)[C@@H]1CN(C(=O)c2cocn2)Cc2ccnn21. The van der Waals surface area contributed by atoms with Crippen LogP contribution in [0, 0.1) is 0 Å². The molecule has 1 atom stereocenters. The van der Waals surface area contributed by atoms with Gasteiger partial charge in [-0.2, -0.15) is 5.10 Å². The molecule has 2 amide bonds. The topological polar surface area (TPSA) is 93.3 Å². The van der Waals surface area contributed by atoms with Crippen LogP contribution >= 0.6 is 0 Å². The third-order valence-corrected chi connectivity index (χ3v) is 3.28. The zero-order valence-electron chi connectivity index (χ0n) is 10.8. The van der Waals surface area contributed by atoms with Gasteiger partial charge < -0.3 is 14.6 Å². The van der Waals surface area contributed by atoms with E-state index in [1.165, 1.54) is 12.7 Å². The van der Waals surface area contributed by atoms with Gasteiger partial charge in [-0.1, -0.05) is 0 Å². The van der Waals surface area contributed by atoms with E-state index in [1.807, 2.05) is 0 Å². The molecule has 104 valence electrons. The van der Waals surface area contributed by atoms with Crippen molar-refractivity contribution in [2.24, 2.45) is 0 Å². The van der Waals surface area contributed by atoms with E-state index in [1.54, 1.807) is 28.9 Å². The Balaban J connectivity index is 1.90. The van der Waals surface area contributed by atoms with Crippen molar-refractivity contribution in [1.29, 1.82) is 0 Å². The maximum atomic E-state index is 12.3. The lowest BCUT2D eigenvalue weighted by atomic mass is 10.1. The summed E-state index contributed by atoms with van der Waals surface area (Å²) in [5, 5.41) is 6.74. The molecule has 1 N–H and O–H groups in total. The Hall–Kier alpha value is -2.64. The number of amides is 2. The summed E-state index contributed by atoms with van der Waals surface area (Å²) in [6.45, 7) is 0.638. The van der Waals surface area contributed by atoms with E-state index in [9.17, 15) is 9.59 Å². The average molecular weight is 275 g/mol. The molecule has 0 aliphatic carbocycles. The summed E-state index contributed by atoms with van der Waals surface area (Å²) in [5.74, 6) is -0.451. The van der Waals surface area contributed by atoms with Crippen molar-refractivity contribution in [3.8, 4) is 0 Å². The molecule has 3 rings (SSSR count). The minimum atomic E-state index is -0.533. The molecular weight excluding hydrogens is 262 g/mol. The Kier molecular flexibility index (Phi) is 2.97. The summed E-state index contributed by atoms with van der Waals surface area (Å²) >= 11 is 0. The average Bonchev–Trinajstić information content (AvgIpc) is 3.15. The predicted octanol–water partition coefficient (Wildman–Crippen LogP) is -0.186. The van der Waals surface area contributed by atoms with Crippen molar-refractivity contribution in [2.75, 3.05) is 13.6 Å². The number of nitrogens with one attached hydrogen (secondary N) is 1. The fourth-order valence-electron chi connectivity index (χ4n) is 2.29. The smallest absolute Gasteiger partial charge is 0.276 e. The van der Waals surface area contributed by atoms with E-state index < -0.39 is 6.04 Å². The molecule has 0 fully saturated rings. The van der Waals surface area contributed by atoms with Crippen molar-refractivity contribution in [1.82, 2.24) is 25.0 Å². The standard InChI is InChI=1S/C12H13N5O3/c1-13-11(18)10-5-16(4-8-2-3-15-17(8)10)12(19)9-6-20-7-14-9/h2-3,6-7,10H,4-5H2,1H3,(H,13,18)/t10-/m0/s1. The number of carbonyl (C=O) groups excluding carboxylic acids is 2. The molecule has 20 heavy (non-hydrogen) atoms. The van der Waals surface area contributed by atoms with Gasteiger partial charge in [-0.25, -0.2) is 4.98 Å². The van der Waals surface area contributed by atoms with Crippen LogP contribution in [0.25, 0.3) is 0 Å². The molecule has 0 spiro atoms. The lowest BCUT2D eigenvalue weighted by Crippen LogP contribution is -2.46. The fraction of sp³-hybridized carbons (Fsp3) is 0.333. The van der Waals surface area contributed by atoms with Crippen molar-refractivity contribution in [2.45, 2.75) is 12.6 Å². The molecule has 8 nitrogen and oxygen atoms in total. The number of oxazole rings is 1. The Labute approximate surface area is 114 Å². The lowest BCUT2D eigenvalue weighted by Gasteiger charge is -2.32. The Bertz CT molecular complexity index is 633. The normalized spacial score (nSPS) is 17.6. The predicted molar refractivity (Wildman–Crippen MR) is 66.6 cm³/mol. The molecule has 0 radical (unpaired) electrons. The Morgan fingerprint density at radius 2 is 2.35 bits per heavy atom. The summed E-state index contributed by atoms with van der Waals surface area (Å²) in [7, 11) is 1.56. The monoisotopic (exact) mass is 275 g/mol. The van der Waals surface area contributed by atoms with Crippen LogP contribution in [0.4, 0.5) is 0 Å². The molecule has 3 heterocycles. The first-order valence-corrected chi connectivity index (χ1v) is 6.12. The number of fused-ring (bicyclic) bond motifs is 1. The molecule has 0 saturated heterocycles. The maximum Gasteiger partial charge on any atom is 0.276 e. The van der Waals surface area contributed by atoms with Crippen molar-refractivity contribution < 1.29 is 14.0 Å². The molecule has 2 aromatic heterocycles.